The Morgan fingerprint density at radius 3 is 1.27 bits per heavy atom. The first-order chi connectivity index (χ1) is 43.5. The van der Waals surface area contributed by atoms with E-state index in [2.05, 4.69) is 72.8 Å². The number of anilines is 6. The lowest BCUT2D eigenvalue weighted by Crippen LogP contribution is -2.44. The number of aryl methyl sites for hydroxylation is 2. The van der Waals surface area contributed by atoms with E-state index in [4.69, 9.17) is 34.9 Å². The summed E-state index contributed by atoms with van der Waals surface area (Å²) in [7, 11) is 0. The van der Waals surface area contributed by atoms with Gasteiger partial charge in [0.2, 0.25) is 0 Å². The topological polar surface area (TPSA) is 244 Å². The van der Waals surface area contributed by atoms with Crippen molar-refractivity contribution in [2.75, 3.05) is 31.9 Å². The average molecular weight is 1240 g/mol. The van der Waals surface area contributed by atoms with Crippen LogP contribution in [0.5, 0.6) is 11.5 Å². The molecule has 0 saturated heterocycles. The minimum Gasteiger partial charge on any atom is -0.488 e. The van der Waals surface area contributed by atoms with Gasteiger partial charge >= 0.3 is 24.2 Å². The lowest BCUT2D eigenvalue weighted by molar-refractivity contribution is 0.0429. The number of pyridine rings is 2. The number of hydrogen-bond acceptors (Lipinski definition) is 13. The number of benzene rings is 6. The number of urea groups is 2. The summed E-state index contributed by atoms with van der Waals surface area (Å²) in [6.45, 7) is 27.1. The number of nitrogens with one attached hydrogen (secondary N) is 4. The van der Waals surface area contributed by atoms with Crippen molar-refractivity contribution in [3.8, 4) is 22.9 Å². The van der Waals surface area contributed by atoms with Crippen LogP contribution in [0.3, 0.4) is 0 Å². The van der Waals surface area contributed by atoms with Gasteiger partial charge in [-0.1, -0.05) is 125 Å². The van der Waals surface area contributed by atoms with E-state index in [-0.39, 0.29) is 29.2 Å². The zero-order valence-corrected chi connectivity index (χ0v) is 54.6. The van der Waals surface area contributed by atoms with Gasteiger partial charge in [0.1, 0.15) is 47.6 Å². The molecule has 0 atom stereocenters. The normalized spacial score (nSPS) is 11.7. The minimum absolute atomic E-state index is 0.0314. The van der Waals surface area contributed by atoms with Crippen LogP contribution in [-0.2, 0) is 33.5 Å². The summed E-state index contributed by atoms with van der Waals surface area (Å²) in [6.07, 6.45) is 4.43. The number of aromatic nitrogens is 6. The molecule has 0 fully saturated rings. The van der Waals surface area contributed by atoms with Gasteiger partial charge in [-0.3, -0.25) is 20.6 Å². The number of rotatable bonds is 13. The first-order valence-corrected chi connectivity index (χ1v) is 30.2. The first kappa shape index (κ1) is 65.7. The van der Waals surface area contributed by atoms with E-state index in [0.29, 0.717) is 52.4 Å². The molecular formula is C72H80N12O8. The third-order valence-corrected chi connectivity index (χ3v) is 14.3. The number of fused-ring (bicyclic) bond motifs is 2. The van der Waals surface area contributed by atoms with Crippen molar-refractivity contribution in [2.45, 2.75) is 132 Å². The van der Waals surface area contributed by atoms with Crippen molar-refractivity contribution in [1.29, 1.82) is 0 Å². The SMILES string of the molecule is Cc1ccc(-n2nc(C(C)(C)C)cc2NC(=O)Nc2ccc(OCc3ccncc3N(C(=O)OC(C)(C)C)C(=O)OC(C)(C)C)c3ccccc23)cc1.Cc1ccc(-n2nc(C(C)(C)C)cc2NC(=O)Nc2ccc(OCc3ccncc3N)c3ccccc23)cc1. The fraction of sp³-hybridized carbons (Fsp3) is 0.278. The van der Waals surface area contributed by atoms with E-state index in [1.807, 2.05) is 141 Å². The highest BCUT2D eigenvalue weighted by Gasteiger charge is 2.35. The molecule has 20 nitrogen and oxygen atoms in total. The molecule has 0 spiro atoms. The van der Waals surface area contributed by atoms with Gasteiger partial charge in [-0.25, -0.2) is 28.5 Å². The Morgan fingerprint density at radius 1 is 0.478 bits per heavy atom. The van der Waals surface area contributed by atoms with E-state index in [1.54, 1.807) is 87.7 Å². The number of carbonyl (C=O) groups is 4. The maximum Gasteiger partial charge on any atom is 0.424 e. The Morgan fingerprint density at radius 2 is 0.870 bits per heavy atom. The maximum absolute atomic E-state index is 13.5. The number of amides is 6. The van der Waals surface area contributed by atoms with E-state index in [0.717, 1.165) is 65.9 Å². The van der Waals surface area contributed by atoms with Gasteiger partial charge in [-0.2, -0.15) is 15.1 Å². The standard InChI is InChI=1S/C41H48N6O6.C31H32N6O2/c1-26-15-17-28(18-16-26)47-35(23-34(45-47)39(2,3)4)44-36(48)43-31-19-20-33(30-14-12-11-13-29(30)31)51-25-27-21-22-42-24-32(27)46(37(49)52-40(5,6)7)38(50)53-41(8,9)10;1-20-9-11-22(12-10-20)37-29(17-28(36-37)31(2,3)4)35-30(38)34-26-13-14-27(24-8-6-5-7-23(24)26)39-19-21-15-16-33-18-25(21)32/h11-24H,25H2,1-10H3,(H2,43,44,48);5-18H,19,32H2,1-4H3,(H2,34,35,38). The molecule has 0 bridgehead atoms. The predicted molar refractivity (Wildman–Crippen MR) is 364 cm³/mol. The van der Waals surface area contributed by atoms with Crippen LogP contribution in [0.4, 0.5) is 53.6 Å². The molecule has 0 saturated carbocycles. The highest BCUT2D eigenvalue weighted by molar-refractivity contribution is 6.11. The third-order valence-electron chi connectivity index (χ3n) is 14.3. The number of imide groups is 1. The van der Waals surface area contributed by atoms with Crippen LogP contribution >= 0.6 is 0 Å². The number of nitrogens with zero attached hydrogens (tertiary/aromatic N) is 7. The van der Waals surface area contributed by atoms with Crippen LogP contribution in [0.1, 0.15) is 117 Å². The number of nitrogens with two attached hydrogens (primary N) is 1. The molecule has 0 aliphatic rings. The molecule has 6 N–H and O–H groups in total. The molecule has 10 rings (SSSR count). The Balaban J connectivity index is 0.000000227. The van der Waals surface area contributed by atoms with Gasteiger partial charge < -0.3 is 35.3 Å². The smallest absolute Gasteiger partial charge is 0.424 e. The second kappa shape index (κ2) is 27.1. The van der Waals surface area contributed by atoms with Gasteiger partial charge in [0, 0.05) is 68.0 Å². The molecular weight excluding hydrogens is 1160 g/mol. The molecule has 0 radical (unpaired) electrons. The fourth-order valence-electron chi connectivity index (χ4n) is 9.49. The molecule has 0 aliphatic carbocycles. The molecule has 4 aromatic heterocycles. The van der Waals surface area contributed by atoms with Crippen LogP contribution in [0.25, 0.3) is 32.9 Å². The maximum atomic E-state index is 13.5. The van der Waals surface area contributed by atoms with Crippen molar-refractivity contribution in [1.82, 2.24) is 29.5 Å². The van der Waals surface area contributed by atoms with Crippen LogP contribution in [0.15, 0.2) is 170 Å². The van der Waals surface area contributed by atoms with Crippen molar-refractivity contribution >= 4 is 80.2 Å². The Hall–Kier alpha value is -10.8. The zero-order valence-electron chi connectivity index (χ0n) is 54.6. The van der Waals surface area contributed by atoms with Gasteiger partial charge in [0.15, 0.2) is 0 Å². The monoisotopic (exact) mass is 1240 g/mol. The van der Waals surface area contributed by atoms with Crippen LogP contribution in [0.2, 0.25) is 0 Å². The molecule has 6 amide bonds. The van der Waals surface area contributed by atoms with Gasteiger partial charge in [0.25, 0.3) is 0 Å². The second-order valence-corrected chi connectivity index (χ2v) is 26.2. The Bertz CT molecular complexity index is 4270. The Kier molecular flexibility index (Phi) is 19.4. The number of carbonyl (C=O) groups excluding carboxylic acids is 4. The lowest BCUT2D eigenvalue weighted by atomic mass is 9.92. The number of nitrogen functional groups attached to an aromatic ring is 1. The molecule has 20 heteroatoms. The van der Waals surface area contributed by atoms with Gasteiger partial charge in [-0.15, -0.1) is 0 Å². The van der Waals surface area contributed by atoms with Crippen molar-refractivity contribution < 1.29 is 38.1 Å². The highest BCUT2D eigenvalue weighted by atomic mass is 16.6. The molecule has 6 aromatic carbocycles. The fourth-order valence-corrected chi connectivity index (χ4v) is 9.49. The summed E-state index contributed by atoms with van der Waals surface area (Å²) >= 11 is 0. The summed E-state index contributed by atoms with van der Waals surface area (Å²) in [5, 5.41) is 24.8. The highest BCUT2D eigenvalue weighted by Crippen LogP contribution is 2.36. The summed E-state index contributed by atoms with van der Waals surface area (Å²) in [5.74, 6) is 2.32. The van der Waals surface area contributed by atoms with Crippen LogP contribution < -0.4 is 41.4 Å². The summed E-state index contributed by atoms with van der Waals surface area (Å²) < 4.78 is 27.1. The first-order valence-electron chi connectivity index (χ1n) is 30.2. The van der Waals surface area contributed by atoms with Crippen molar-refractivity contribution in [3.05, 3.63) is 204 Å². The summed E-state index contributed by atoms with van der Waals surface area (Å²) in [4.78, 5) is 62.5. The quantitative estimate of drug-likeness (QED) is 0.0722. The molecule has 0 unspecified atom stereocenters. The molecule has 4 heterocycles. The van der Waals surface area contributed by atoms with Gasteiger partial charge in [-0.05, 0) is 116 Å². The van der Waals surface area contributed by atoms with E-state index in [1.165, 1.54) is 6.20 Å². The van der Waals surface area contributed by atoms with Gasteiger partial charge in [0.05, 0.1) is 57.9 Å². The van der Waals surface area contributed by atoms with Crippen LogP contribution in [-0.4, -0.2) is 65.0 Å². The van der Waals surface area contributed by atoms with E-state index < -0.39 is 29.4 Å². The minimum atomic E-state index is -0.906. The predicted octanol–water partition coefficient (Wildman–Crippen LogP) is 16.8. The van der Waals surface area contributed by atoms with E-state index in [9.17, 15) is 19.2 Å². The van der Waals surface area contributed by atoms with Crippen molar-refractivity contribution in [3.63, 3.8) is 0 Å². The second-order valence-electron chi connectivity index (χ2n) is 26.2. The van der Waals surface area contributed by atoms with E-state index >= 15 is 0 Å². The largest absolute Gasteiger partial charge is 0.488 e. The van der Waals surface area contributed by atoms with Crippen LogP contribution in [0, 0.1) is 13.8 Å². The zero-order chi connectivity index (χ0) is 66.3. The average Bonchev–Trinajstić information content (AvgIpc) is 1.22. The van der Waals surface area contributed by atoms with Crippen molar-refractivity contribution in [2.24, 2.45) is 0 Å². The number of ether oxygens (including phenoxy) is 4. The third kappa shape index (κ3) is 16.5. The lowest BCUT2D eigenvalue weighted by Gasteiger charge is -2.29. The summed E-state index contributed by atoms with van der Waals surface area (Å²) in [6, 6.07) is 44.9. The Labute approximate surface area is 536 Å². The molecule has 10 aromatic rings. The number of hydrogen-bond donors (Lipinski definition) is 5. The molecule has 476 valence electrons. The summed E-state index contributed by atoms with van der Waals surface area (Å²) in [5.41, 5.74) is 12.8. The molecule has 92 heavy (non-hydrogen) atoms. The molecule has 0 aliphatic heterocycles.